The third-order valence-corrected chi connectivity index (χ3v) is 5.94. The maximum atomic E-state index is 12.6. The summed E-state index contributed by atoms with van der Waals surface area (Å²) in [4.78, 5) is 23.1. The van der Waals surface area contributed by atoms with Gasteiger partial charge in [0.15, 0.2) is 0 Å². The number of anilines is 1. The average Bonchev–Trinajstić information content (AvgIpc) is 3.30. The van der Waals surface area contributed by atoms with E-state index in [1.54, 1.807) is 11.8 Å². The zero-order valence-electron chi connectivity index (χ0n) is 14.4. The lowest BCUT2D eigenvalue weighted by Crippen LogP contribution is -2.88. The number of rotatable bonds is 4. The molecule has 0 radical (unpaired) electrons. The summed E-state index contributed by atoms with van der Waals surface area (Å²) >= 11 is 1.64. The molecule has 25 heavy (non-hydrogen) atoms. The Hall–Kier alpha value is -1.99. The molecule has 1 amide bonds. The van der Waals surface area contributed by atoms with Gasteiger partial charge in [0.2, 0.25) is 0 Å². The number of fused-ring (bicyclic) bond motifs is 1. The van der Waals surface area contributed by atoms with Crippen molar-refractivity contribution >= 4 is 34.4 Å². The molecule has 0 bridgehead atoms. The molecule has 4 rings (SSSR count). The largest absolute Gasteiger partial charge is 0.346 e. The monoisotopic (exact) mass is 358 g/mol. The Kier molecular flexibility index (Phi) is 4.67. The highest BCUT2D eigenvalue weighted by molar-refractivity contribution is 8.04. The molecule has 2 aliphatic rings. The minimum Gasteiger partial charge on any atom is -0.346 e. The van der Waals surface area contributed by atoms with Gasteiger partial charge < -0.3 is 20.5 Å². The summed E-state index contributed by atoms with van der Waals surface area (Å²) in [6, 6.07) is 2.56. The first-order valence-corrected chi connectivity index (χ1v) is 9.86. The first kappa shape index (κ1) is 16.5. The number of thioether (sulfide) groups is 1. The van der Waals surface area contributed by atoms with Crippen molar-refractivity contribution in [3.05, 3.63) is 35.1 Å². The Bertz CT molecular complexity index is 809. The Balaban J connectivity index is 1.53. The lowest BCUT2D eigenvalue weighted by Gasteiger charge is -2.27. The molecule has 132 valence electrons. The molecule has 4 heterocycles. The number of nitrogens with two attached hydrogens (primary N) is 1. The first-order valence-electron chi connectivity index (χ1n) is 8.88. The summed E-state index contributed by atoms with van der Waals surface area (Å²) in [5.41, 5.74) is 3.18. The number of carbonyl (C=O) groups is 1. The smallest absolute Gasteiger partial charge is 0.259 e. The number of nitrogens with one attached hydrogen (secondary N) is 2. The number of pyridine rings is 1. The summed E-state index contributed by atoms with van der Waals surface area (Å²) in [5.74, 6) is 0.952. The van der Waals surface area contributed by atoms with Crippen molar-refractivity contribution in [2.75, 3.05) is 30.3 Å². The number of quaternary nitrogens is 1. The van der Waals surface area contributed by atoms with Crippen molar-refractivity contribution in [2.24, 2.45) is 0 Å². The summed E-state index contributed by atoms with van der Waals surface area (Å²) < 4.78 is 0. The van der Waals surface area contributed by atoms with Gasteiger partial charge in [0.1, 0.15) is 11.7 Å². The fourth-order valence-electron chi connectivity index (χ4n) is 3.60. The molecule has 0 unspecified atom stereocenters. The predicted octanol–water partition coefficient (Wildman–Crippen LogP) is 1.11. The molecule has 1 saturated heterocycles. The van der Waals surface area contributed by atoms with E-state index in [1.165, 1.54) is 24.9 Å². The minimum absolute atomic E-state index is 0.0473. The summed E-state index contributed by atoms with van der Waals surface area (Å²) in [7, 11) is 0. The number of hydrogen-bond acceptors (Lipinski definition) is 4. The molecule has 6 nitrogen and oxygen atoms in total. The zero-order chi connectivity index (χ0) is 17.2. The van der Waals surface area contributed by atoms with Crippen molar-refractivity contribution in [3.63, 3.8) is 0 Å². The van der Waals surface area contributed by atoms with Crippen LogP contribution in [0, 0.1) is 6.92 Å². The fourth-order valence-corrected chi connectivity index (χ4v) is 4.51. The number of H-pyrrole nitrogens is 1. The van der Waals surface area contributed by atoms with Gasteiger partial charge in [0.05, 0.1) is 23.7 Å². The SMILES string of the molecule is Cc1c[nH]c2nccc(N3C=C(C(=O)NC[C@@H]4CCC[NH2+]4)SCC3)c12. The van der Waals surface area contributed by atoms with Gasteiger partial charge in [-0.15, -0.1) is 11.8 Å². The second-order valence-electron chi connectivity index (χ2n) is 6.70. The summed E-state index contributed by atoms with van der Waals surface area (Å²) in [5, 5.41) is 6.57. The molecule has 1 atom stereocenters. The van der Waals surface area contributed by atoms with Crippen molar-refractivity contribution < 1.29 is 10.1 Å². The molecular formula is C18H24N5OS+. The molecule has 2 aromatic rings. The third-order valence-electron chi connectivity index (χ3n) is 4.95. The third kappa shape index (κ3) is 3.39. The summed E-state index contributed by atoms with van der Waals surface area (Å²) in [6.45, 7) is 4.91. The molecule has 0 saturated carbocycles. The molecule has 2 aliphatic heterocycles. The van der Waals surface area contributed by atoms with Crippen molar-refractivity contribution in [3.8, 4) is 0 Å². The van der Waals surface area contributed by atoms with Crippen molar-refractivity contribution in [1.82, 2.24) is 15.3 Å². The van der Waals surface area contributed by atoms with Crippen LogP contribution in [0.3, 0.4) is 0 Å². The quantitative estimate of drug-likeness (QED) is 0.765. The van der Waals surface area contributed by atoms with Gasteiger partial charge in [-0.25, -0.2) is 4.98 Å². The van der Waals surface area contributed by atoms with Gasteiger partial charge in [0, 0.05) is 49.1 Å². The van der Waals surface area contributed by atoms with E-state index in [4.69, 9.17) is 0 Å². The van der Waals surface area contributed by atoms with E-state index >= 15 is 0 Å². The van der Waals surface area contributed by atoms with E-state index in [0.29, 0.717) is 6.04 Å². The molecule has 0 aliphatic carbocycles. The molecule has 2 aromatic heterocycles. The van der Waals surface area contributed by atoms with Crippen LogP contribution in [0.25, 0.3) is 11.0 Å². The van der Waals surface area contributed by atoms with Gasteiger partial charge >= 0.3 is 0 Å². The maximum absolute atomic E-state index is 12.6. The second kappa shape index (κ2) is 7.09. The molecule has 1 fully saturated rings. The Morgan fingerprint density at radius 1 is 1.56 bits per heavy atom. The lowest BCUT2D eigenvalue weighted by atomic mass is 10.2. The van der Waals surface area contributed by atoms with E-state index in [0.717, 1.165) is 40.5 Å². The Morgan fingerprint density at radius 2 is 2.48 bits per heavy atom. The number of nitrogens with zero attached hydrogens (tertiary/aromatic N) is 2. The van der Waals surface area contributed by atoms with Gasteiger partial charge in [-0.3, -0.25) is 4.79 Å². The highest BCUT2D eigenvalue weighted by atomic mass is 32.2. The normalized spacial score (nSPS) is 20.8. The van der Waals surface area contributed by atoms with Crippen LogP contribution in [0.2, 0.25) is 0 Å². The van der Waals surface area contributed by atoms with E-state index in [-0.39, 0.29) is 5.91 Å². The fraction of sp³-hybridized carbons (Fsp3) is 0.444. The van der Waals surface area contributed by atoms with Crippen LogP contribution in [-0.4, -0.2) is 47.3 Å². The molecule has 0 spiro atoms. The van der Waals surface area contributed by atoms with E-state index in [1.807, 2.05) is 24.7 Å². The van der Waals surface area contributed by atoms with E-state index < -0.39 is 0 Å². The molecular weight excluding hydrogens is 334 g/mol. The topological polar surface area (TPSA) is 77.6 Å². The van der Waals surface area contributed by atoms with Crippen LogP contribution in [0.1, 0.15) is 18.4 Å². The molecule has 0 aromatic carbocycles. The number of aromatic amines is 1. The number of aromatic nitrogens is 2. The molecule has 4 N–H and O–H groups in total. The van der Waals surface area contributed by atoms with E-state index in [9.17, 15) is 4.79 Å². The predicted molar refractivity (Wildman–Crippen MR) is 102 cm³/mol. The van der Waals surface area contributed by atoms with E-state index in [2.05, 4.69) is 32.4 Å². The summed E-state index contributed by atoms with van der Waals surface area (Å²) in [6.07, 6.45) is 8.23. The first-order chi connectivity index (χ1) is 12.2. The van der Waals surface area contributed by atoms with Crippen LogP contribution < -0.4 is 15.5 Å². The van der Waals surface area contributed by atoms with Crippen LogP contribution >= 0.6 is 11.8 Å². The van der Waals surface area contributed by atoms with Gasteiger partial charge in [-0.2, -0.15) is 0 Å². The average molecular weight is 358 g/mol. The number of hydrogen-bond donors (Lipinski definition) is 3. The Labute approximate surface area is 151 Å². The highest BCUT2D eigenvalue weighted by Gasteiger charge is 2.23. The number of amides is 1. The van der Waals surface area contributed by atoms with Crippen LogP contribution in [0.4, 0.5) is 5.69 Å². The van der Waals surface area contributed by atoms with Crippen molar-refractivity contribution in [1.29, 1.82) is 0 Å². The van der Waals surface area contributed by atoms with Gasteiger partial charge in [-0.1, -0.05) is 0 Å². The molecule has 7 heteroatoms. The highest BCUT2D eigenvalue weighted by Crippen LogP contribution is 2.32. The van der Waals surface area contributed by atoms with Crippen LogP contribution in [0.5, 0.6) is 0 Å². The minimum atomic E-state index is 0.0473. The van der Waals surface area contributed by atoms with Gasteiger partial charge in [0.25, 0.3) is 5.91 Å². The standard InChI is InChI=1S/C18H23N5OS/c1-12-9-21-17-16(12)14(4-6-20-17)23-7-8-25-15(11-23)18(24)22-10-13-3-2-5-19-13/h4,6,9,11,13,19H,2-3,5,7-8,10H2,1H3,(H,20,21)(H,22,24)/p+1/t13-/m0/s1. The lowest BCUT2D eigenvalue weighted by molar-refractivity contribution is -0.667. The second-order valence-corrected chi connectivity index (χ2v) is 7.83. The maximum Gasteiger partial charge on any atom is 0.259 e. The van der Waals surface area contributed by atoms with Gasteiger partial charge in [-0.05, 0) is 18.6 Å². The van der Waals surface area contributed by atoms with Crippen LogP contribution in [0.15, 0.2) is 29.6 Å². The number of aryl methyl sites for hydroxylation is 1. The zero-order valence-corrected chi connectivity index (χ0v) is 15.2. The Morgan fingerprint density at radius 3 is 3.32 bits per heavy atom. The van der Waals surface area contributed by atoms with Crippen LogP contribution in [-0.2, 0) is 4.79 Å². The number of carbonyl (C=O) groups excluding carboxylic acids is 1. The van der Waals surface area contributed by atoms with Crippen molar-refractivity contribution in [2.45, 2.75) is 25.8 Å².